The summed E-state index contributed by atoms with van der Waals surface area (Å²) in [4.78, 5) is 10.4. The van der Waals surface area contributed by atoms with Gasteiger partial charge in [-0.1, -0.05) is 0 Å². The minimum Gasteiger partial charge on any atom is -0.381 e. The maximum Gasteiger partial charge on any atom is 0.333 e. The number of methoxy groups -OCH3 is 1. The third-order valence-corrected chi connectivity index (χ3v) is 3.60. The first-order chi connectivity index (χ1) is 8.54. The van der Waals surface area contributed by atoms with Crippen LogP contribution in [0, 0.1) is 17.0 Å². The van der Waals surface area contributed by atoms with Gasteiger partial charge in [0.1, 0.15) is 5.69 Å². The van der Waals surface area contributed by atoms with Gasteiger partial charge in [0.15, 0.2) is 0 Å². The van der Waals surface area contributed by atoms with Gasteiger partial charge in [-0.3, -0.25) is 10.1 Å². The second kappa shape index (κ2) is 4.93. The van der Waals surface area contributed by atoms with Gasteiger partial charge in [-0.2, -0.15) is 5.10 Å². The molecule has 1 fully saturated rings. The van der Waals surface area contributed by atoms with Crippen molar-refractivity contribution in [3.63, 3.8) is 0 Å². The summed E-state index contributed by atoms with van der Waals surface area (Å²) >= 11 is 0. The number of nitro groups is 1. The highest BCUT2D eigenvalue weighted by molar-refractivity contribution is 5.56. The molecule has 0 aromatic carbocycles. The van der Waals surface area contributed by atoms with Gasteiger partial charge >= 0.3 is 5.69 Å². The molecule has 1 aliphatic rings. The molecule has 1 aromatic heterocycles. The van der Waals surface area contributed by atoms with E-state index in [1.807, 2.05) is 0 Å². The van der Waals surface area contributed by atoms with Crippen LogP contribution in [0.25, 0.3) is 0 Å². The number of nitrogen functional groups attached to an aromatic ring is 1. The number of hydrogen-bond acceptors (Lipinski definition) is 5. The van der Waals surface area contributed by atoms with Crippen LogP contribution in [-0.4, -0.2) is 27.9 Å². The highest BCUT2D eigenvalue weighted by atomic mass is 16.6. The van der Waals surface area contributed by atoms with Crippen molar-refractivity contribution in [1.82, 2.24) is 9.78 Å². The first-order valence-corrected chi connectivity index (χ1v) is 6.06. The Labute approximate surface area is 105 Å². The predicted molar refractivity (Wildman–Crippen MR) is 66.3 cm³/mol. The number of ether oxygens (including phenoxy) is 1. The third kappa shape index (κ3) is 2.17. The second-order valence-electron chi connectivity index (χ2n) is 4.69. The maximum atomic E-state index is 10.9. The Balaban J connectivity index is 2.20. The smallest absolute Gasteiger partial charge is 0.333 e. The van der Waals surface area contributed by atoms with Crippen LogP contribution in [0.15, 0.2) is 0 Å². The van der Waals surface area contributed by atoms with E-state index in [0.29, 0.717) is 5.69 Å². The topological polar surface area (TPSA) is 96.2 Å². The molecular formula is C11H18N4O3. The van der Waals surface area contributed by atoms with E-state index in [9.17, 15) is 10.1 Å². The molecule has 2 rings (SSSR count). The monoisotopic (exact) mass is 254 g/mol. The number of rotatable bonds is 3. The van der Waals surface area contributed by atoms with Crippen molar-refractivity contribution in [3.8, 4) is 0 Å². The summed E-state index contributed by atoms with van der Waals surface area (Å²) in [5.74, 6) is 0.165. The SMILES string of the molecule is COC1CCC(n2nc(C)c([N+](=O)[O-])c2N)CC1. The van der Waals surface area contributed by atoms with Crippen LogP contribution in [-0.2, 0) is 4.74 Å². The zero-order valence-corrected chi connectivity index (χ0v) is 10.6. The van der Waals surface area contributed by atoms with Crippen molar-refractivity contribution in [2.45, 2.75) is 44.8 Å². The summed E-state index contributed by atoms with van der Waals surface area (Å²) in [6, 6.07) is 0.142. The summed E-state index contributed by atoms with van der Waals surface area (Å²) in [5.41, 5.74) is 6.15. The quantitative estimate of drug-likeness (QED) is 0.655. The van der Waals surface area contributed by atoms with E-state index >= 15 is 0 Å². The van der Waals surface area contributed by atoms with Crippen molar-refractivity contribution in [1.29, 1.82) is 0 Å². The average molecular weight is 254 g/mol. The van der Waals surface area contributed by atoms with E-state index < -0.39 is 4.92 Å². The molecule has 0 atom stereocenters. The zero-order valence-electron chi connectivity index (χ0n) is 10.6. The van der Waals surface area contributed by atoms with Crippen molar-refractivity contribution >= 4 is 11.5 Å². The Bertz CT molecular complexity index is 449. The Kier molecular flexibility index (Phi) is 3.51. The average Bonchev–Trinajstić information content (AvgIpc) is 2.65. The van der Waals surface area contributed by atoms with E-state index in [0.717, 1.165) is 25.7 Å². The Morgan fingerprint density at radius 1 is 1.44 bits per heavy atom. The van der Waals surface area contributed by atoms with E-state index in [-0.39, 0.29) is 23.7 Å². The Morgan fingerprint density at radius 2 is 2.06 bits per heavy atom. The fourth-order valence-corrected chi connectivity index (χ4v) is 2.59. The fourth-order valence-electron chi connectivity index (χ4n) is 2.59. The molecule has 2 N–H and O–H groups in total. The Morgan fingerprint density at radius 3 is 2.50 bits per heavy atom. The number of nitrogens with zero attached hydrogens (tertiary/aromatic N) is 3. The van der Waals surface area contributed by atoms with E-state index in [1.165, 1.54) is 0 Å². The molecule has 7 nitrogen and oxygen atoms in total. The van der Waals surface area contributed by atoms with Crippen molar-refractivity contribution in [2.24, 2.45) is 0 Å². The number of hydrogen-bond donors (Lipinski definition) is 1. The molecule has 100 valence electrons. The molecule has 0 saturated heterocycles. The lowest BCUT2D eigenvalue weighted by Crippen LogP contribution is -2.24. The first kappa shape index (κ1) is 12.8. The van der Waals surface area contributed by atoms with E-state index in [2.05, 4.69) is 5.10 Å². The van der Waals surface area contributed by atoms with E-state index in [1.54, 1.807) is 18.7 Å². The number of aromatic nitrogens is 2. The number of nitrogens with two attached hydrogens (primary N) is 1. The lowest BCUT2D eigenvalue weighted by molar-refractivity contribution is -0.384. The van der Waals surface area contributed by atoms with Gasteiger partial charge in [-0.05, 0) is 32.6 Å². The summed E-state index contributed by atoms with van der Waals surface area (Å²) in [6.07, 6.45) is 3.94. The summed E-state index contributed by atoms with van der Waals surface area (Å²) in [6.45, 7) is 1.62. The van der Waals surface area contributed by atoms with Crippen LogP contribution in [0.2, 0.25) is 0 Å². The van der Waals surface area contributed by atoms with Crippen LogP contribution in [0.5, 0.6) is 0 Å². The minimum absolute atomic E-state index is 0.0659. The van der Waals surface area contributed by atoms with Crippen LogP contribution < -0.4 is 5.73 Å². The van der Waals surface area contributed by atoms with Crippen LogP contribution in [0.1, 0.15) is 37.4 Å². The third-order valence-electron chi connectivity index (χ3n) is 3.60. The lowest BCUT2D eigenvalue weighted by atomic mass is 9.93. The van der Waals surface area contributed by atoms with Gasteiger partial charge in [-0.15, -0.1) is 0 Å². The van der Waals surface area contributed by atoms with Crippen LogP contribution in [0.4, 0.5) is 11.5 Å². The van der Waals surface area contributed by atoms with Gasteiger partial charge in [-0.25, -0.2) is 4.68 Å². The molecule has 1 aliphatic carbocycles. The normalized spacial score (nSPS) is 24.1. The lowest BCUT2D eigenvalue weighted by Gasteiger charge is -2.27. The summed E-state index contributed by atoms with van der Waals surface area (Å²) in [5, 5.41) is 15.1. The standard InChI is InChI=1S/C11H18N4O3/c1-7-10(15(16)17)11(12)14(13-7)8-3-5-9(18-2)6-4-8/h8-9H,3-6,12H2,1-2H3. The summed E-state index contributed by atoms with van der Waals surface area (Å²) in [7, 11) is 1.71. The molecule has 1 heterocycles. The molecule has 0 spiro atoms. The molecule has 18 heavy (non-hydrogen) atoms. The van der Waals surface area contributed by atoms with Gasteiger partial charge < -0.3 is 10.5 Å². The first-order valence-electron chi connectivity index (χ1n) is 6.06. The second-order valence-corrected chi connectivity index (χ2v) is 4.69. The van der Waals surface area contributed by atoms with E-state index in [4.69, 9.17) is 10.5 Å². The fraction of sp³-hybridized carbons (Fsp3) is 0.727. The molecule has 0 unspecified atom stereocenters. The number of anilines is 1. The molecule has 0 radical (unpaired) electrons. The highest BCUT2D eigenvalue weighted by Gasteiger charge is 2.29. The van der Waals surface area contributed by atoms with Crippen LogP contribution >= 0.6 is 0 Å². The van der Waals surface area contributed by atoms with Crippen molar-refractivity contribution in [2.75, 3.05) is 12.8 Å². The highest BCUT2D eigenvalue weighted by Crippen LogP contribution is 2.35. The molecule has 7 heteroatoms. The molecule has 0 amide bonds. The van der Waals surface area contributed by atoms with Crippen molar-refractivity contribution < 1.29 is 9.66 Å². The number of aryl methyl sites for hydroxylation is 1. The predicted octanol–water partition coefficient (Wildman–Crippen LogP) is 1.81. The maximum absolute atomic E-state index is 10.9. The molecule has 1 saturated carbocycles. The minimum atomic E-state index is -0.463. The van der Waals surface area contributed by atoms with Gasteiger partial charge in [0.05, 0.1) is 17.1 Å². The molecule has 0 bridgehead atoms. The van der Waals surface area contributed by atoms with Gasteiger partial charge in [0.25, 0.3) is 0 Å². The van der Waals surface area contributed by atoms with Gasteiger partial charge in [0, 0.05) is 7.11 Å². The molecule has 1 aromatic rings. The largest absolute Gasteiger partial charge is 0.381 e. The zero-order chi connectivity index (χ0) is 13.3. The molecule has 0 aliphatic heterocycles. The summed E-state index contributed by atoms with van der Waals surface area (Å²) < 4.78 is 6.91. The Hall–Kier alpha value is -1.63. The van der Waals surface area contributed by atoms with Crippen molar-refractivity contribution in [3.05, 3.63) is 15.8 Å². The molecular weight excluding hydrogens is 236 g/mol. The van der Waals surface area contributed by atoms with Crippen LogP contribution in [0.3, 0.4) is 0 Å². The van der Waals surface area contributed by atoms with Gasteiger partial charge in [0.2, 0.25) is 5.82 Å².